The number of amides is 2. The van der Waals surface area contributed by atoms with E-state index in [1.807, 2.05) is 61.7 Å². The third kappa shape index (κ3) is 5.15. The number of hydrogen-bond acceptors (Lipinski definition) is 6. The predicted molar refractivity (Wildman–Crippen MR) is 151 cm³/mol. The normalized spacial score (nSPS) is 10.9. The lowest BCUT2D eigenvalue weighted by molar-refractivity contribution is 0.0527. The summed E-state index contributed by atoms with van der Waals surface area (Å²) in [4.78, 5) is 40.0. The van der Waals surface area contributed by atoms with Crippen LogP contribution in [0.15, 0.2) is 48.5 Å². The molecule has 0 aliphatic carbocycles. The molecule has 2 heterocycles. The largest absolute Gasteiger partial charge is 0.494 e. The quantitative estimate of drug-likeness (QED) is 0.242. The highest BCUT2D eigenvalue weighted by Gasteiger charge is 2.28. The van der Waals surface area contributed by atoms with E-state index >= 15 is 0 Å². The van der Waals surface area contributed by atoms with Gasteiger partial charge >= 0.3 is 5.97 Å². The van der Waals surface area contributed by atoms with E-state index in [2.05, 4.69) is 10.6 Å². The van der Waals surface area contributed by atoms with E-state index in [1.54, 1.807) is 26.0 Å². The number of nitrogens with one attached hydrogen (secondary N) is 2. The van der Waals surface area contributed by atoms with Gasteiger partial charge in [0.15, 0.2) is 0 Å². The van der Waals surface area contributed by atoms with Crippen molar-refractivity contribution in [3.05, 3.63) is 75.8 Å². The number of ether oxygens (including phenoxy) is 2. The van der Waals surface area contributed by atoms with Crippen LogP contribution < -0.4 is 15.4 Å². The molecule has 9 heteroatoms. The number of para-hydroxylation sites is 1. The Labute approximate surface area is 225 Å². The Morgan fingerprint density at radius 3 is 2.29 bits per heavy atom. The van der Waals surface area contributed by atoms with Crippen molar-refractivity contribution in [3.63, 3.8) is 0 Å². The van der Waals surface area contributed by atoms with Crippen molar-refractivity contribution in [2.45, 2.75) is 41.2 Å². The lowest BCUT2D eigenvalue weighted by atomic mass is 10.1. The fourth-order valence-electron chi connectivity index (χ4n) is 4.52. The zero-order chi connectivity index (χ0) is 27.4. The first-order valence-corrected chi connectivity index (χ1v) is 13.4. The Morgan fingerprint density at radius 2 is 1.63 bits per heavy atom. The summed E-state index contributed by atoms with van der Waals surface area (Å²) in [6, 6.07) is 14.8. The third-order valence-electron chi connectivity index (χ3n) is 6.22. The lowest BCUT2D eigenvalue weighted by Gasteiger charge is -2.10. The summed E-state index contributed by atoms with van der Waals surface area (Å²) in [5.74, 6) is -0.604. The molecule has 0 radical (unpaired) electrons. The second-order valence-electron chi connectivity index (χ2n) is 8.58. The molecule has 0 unspecified atom stereocenters. The number of anilines is 2. The lowest BCUT2D eigenvalue weighted by Crippen LogP contribution is -2.19. The first kappa shape index (κ1) is 26.9. The van der Waals surface area contributed by atoms with Crippen molar-refractivity contribution in [1.29, 1.82) is 0 Å². The number of carbonyl (C=O) groups excluding carboxylic acids is 3. The van der Waals surface area contributed by atoms with E-state index in [1.165, 1.54) is 0 Å². The van der Waals surface area contributed by atoms with Crippen molar-refractivity contribution < 1.29 is 23.9 Å². The number of esters is 1. The van der Waals surface area contributed by atoms with Crippen LogP contribution in [-0.2, 0) is 11.3 Å². The van der Waals surface area contributed by atoms with Crippen molar-refractivity contribution in [2.24, 2.45) is 0 Å². The molecule has 8 nitrogen and oxygen atoms in total. The number of benzene rings is 2. The van der Waals surface area contributed by atoms with Gasteiger partial charge in [-0.05, 0) is 76.1 Å². The minimum absolute atomic E-state index is 0.165. The number of fused-ring (bicyclic) bond motifs is 1. The van der Waals surface area contributed by atoms with Gasteiger partial charge in [-0.3, -0.25) is 9.59 Å². The van der Waals surface area contributed by atoms with Crippen molar-refractivity contribution >= 4 is 50.7 Å². The Hall–Kier alpha value is -4.11. The van der Waals surface area contributed by atoms with Crippen LogP contribution in [0.25, 0.3) is 10.9 Å². The minimum Gasteiger partial charge on any atom is -0.494 e. The molecule has 0 saturated carbocycles. The SMILES string of the molecule is CCOC(=O)c1c(NC(=O)c2c(C)c3cc(OCC)ccc3n2CC)sc(C(=O)Nc2ccccc2)c1C. The van der Waals surface area contributed by atoms with Gasteiger partial charge < -0.3 is 24.7 Å². The molecule has 0 aliphatic heterocycles. The summed E-state index contributed by atoms with van der Waals surface area (Å²) >= 11 is 1.05. The molecule has 2 amide bonds. The highest BCUT2D eigenvalue weighted by Crippen LogP contribution is 2.36. The molecule has 0 aliphatic rings. The van der Waals surface area contributed by atoms with Gasteiger partial charge in [0.25, 0.3) is 11.8 Å². The molecular weight excluding hydrogens is 502 g/mol. The van der Waals surface area contributed by atoms with Crippen molar-refractivity contribution in [1.82, 2.24) is 4.57 Å². The fourth-order valence-corrected chi connectivity index (χ4v) is 5.60. The van der Waals surface area contributed by atoms with Crippen LogP contribution in [0.3, 0.4) is 0 Å². The molecular formula is C29H31N3O5S. The van der Waals surface area contributed by atoms with E-state index in [4.69, 9.17) is 9.47 Å². The number of aryl methyl sites for hydroxylation is 2. The summed E-state index contributed by atoms with van der Waals surface area (Å²) in [6.45, 7) is 10.5. The van der Waals surface area contributed by atoms with E-state index in [0.717, 1.165) is 33.6 Å². The van der Waals surface area contributed by atoms with Gasteiger partial charge in [0.05, 0.1) is 23.7 Å². The maximum Gasteiger partial charge on any atom is 0.341 e. The first-order chi connectivity index (χ1) is 18.3. The molecule has 198 valence electrons. The zero-order valence-corrected chi connectivity index (χ0v) is 23.0. The maximum absolute atomic E-state index is 13.7. The molecule has 4 aromatic rings. The fraction of sp³-hybridized carbons (Fsp3) is 0.276. The monoisotopic (exact) mass is 533 g/mol. The number of hydrogen-bond donors (Lipinski definition) is 2. The third-order valence-corrected chi connectivity index (χ3v) is 7.43. The van der Waals surface area contributed by atoms with Crippen LogP contribution in [0.2, 0.25) is 0 Å². The first-order valence-electron chi connectivity index (χ1n) is 12.5. The average molecular weight is 534 g/mol. The van der Waals surface area contributed by atoms with E-state index in [-0.39, 0.29) is 29.0 Å². The number of nitrogens with zero attached hydrogens (tertiary/aromatic N) is 1. The van der Waals surface area contributed by atoms with Gasteiger partial charge in [-0.2, -0.15) is 0 Å². The molecule has 0 saturated heterocycles. The molecule has 0 bridgehead atoms. The Bertz CT molecular complexity index is 1500. The Kier molecular flexibility index (Phi) is 8.16. The van der Waals surface area contributed by atoms with Gasteiger partial charge in [0.2, 0.25) is 0 Å². The number of aromatic nitrogens is 1. The maximum atomic E-state index is 13.7. The number of thiophene rings is 1. The summed E-state index contributed by atoms with van der Waals surface area (Å²) in [6.07, 6.45) is 0. The van der Waals surface area contributed by atoms with E-state index in [0.29, 0.717) is 35.0 Å². The minimum atomic E-state index is -0.593. The smallest absolute Gasteiger partial charge is 0.341 e. The van der Waals surface area contributed by atoms with Gasteiger partial charge in [-0.15, -0.1) is 11.3 Å². The molecule has 2 aromatic heterocycles. The Morgan fingerprint density at radius 1 is 0.895 bits per heavy atom. The van der Waals surface area contributed by atoms with E-state index in [9.17, 15) is 14.4 Å². The molecule has 4 rings (SSSR count). The summed E-state index contributed by atoms with van der Waals surface area (Å²) in [7, 11) is 0. The summed E-state index contributed by atoms with van der Waals surface area (Å²) in [5.41, 5.74) is 3.45. The van der Waals surface area contributed by atoms with Crippen LogP contribution >= 0.6 is 11.3 Å². The second kappa shape index (κ2) is 11.5. The Balaban J connectivity index is 1.74. The van der Waals surface area contributed by atoms with Crippen molar-refractivity contribution in [2.75, 3.05) is 23.8 Å². The van der Waals surface area contributed by atoms with Crippen LogP contribution in [-0.4, -0.2) is 35.6 Å². The number of rotatable bonds is 9. The molecule has 2 aromatic carbocycles. The number of carbonyl (C=O) groups is 3. The zero-order valence-electron chi connectivity index (χ0n) is 22.1. The standard InChI is InChI=1S/C29H31N3O5S/c1-6-32-22-15-14-20(36-7-2)16-21(22)17(4)24(32)26(33)31-28-23(29(35)37-8-3)18(5)25(38-28)27(34)30-19-12-10-9-11-13-19/h9-16H,6-8H2,1-5H3,(H,30,34)(H,31,33). The molecule has 0 fully saturated rings. The van der Waals surface area contributed by atoms with Gasteiger partial charge in [0.1, 0.15) is 16.4 Å². The average Bonchev–Trinajstić information content (AvgIpc) is 3.38. The highest BCUT2D eigenvalue weighted by molar-refractivity contribution is 7.19. The topological polar surface area (TPSA) is 98.7 Å². The highest BCUT2D eigenvalue weighted by atomic mass is 32.1. The molecule has 2 N–H and O–H groups in total. The summed E-state index contributed by atoms with van der Waals surface area (Å²) < 4.78 is 12.9. The van der Waals surface area contributed by atoms with Crippen LogP contribution in [0.4, 0.5) is 10.7 Å². The summed E-state index contributed by atoms with van der Waals surface area (Å²) in [5, 5.41) is 6.94. The van der Waals surface area contributed by atoms with E-state index < -0.39 is 5.97 Å². The van der Waals surface area contributed by atoms with Crippen LogP contribution in [0.5, 0.6) is 5.75 Å². The van der Waals surface area contributed by atoms with Crippen molar-refractivity contribution in [3.8, 4) is 5.75 Å². The van der Waals surface area contributed by atoms with Crippen LogP contribution in [0.1, 0.15) is 62.4 Å². The van der Waals surface area contributed by atoms with Gasteiger partial charge in [0, 0.05) is 23.1 Å². The predicted octanol–water partition coefficient (Wildman–Crippen LogP) is 6.42. The molecule has 0 atom stereocenters. The second-order valence-corrected chi connectivity index (χ2v) is 9.61. The molecule has 0 spiro atoms. The molecule has 38 heavy (non-hydrogen) atoms. The van der Waals surface area contributed by atoms with Gasteiger partial charge in [-0.25, -0.2) is 4.79 Å². The van der Waals surface area contributed by atoms with Gasteiger partial charge in [-0.1, -0.05) is 18.2 Å². The van der Waals surface area contributed by atoms with Crippen LogP contribution in [0, 0.1) is 13.8 Å².